The van der Waals surface area contributed by atoms with E-state index in [1.54, 1.807) is 0 Å². The third-order valence-corrected chi connectivity index (χ3v) is 2.17. The van der Waals surface area contributed by atoms with Crippen LogP contribution in [0.3, 0.4) is 0 Å². The molecule has 0 saturated carbocycles. The van der Waals surface area contributed by atoms with E-state index < -0.39 is 0 Å². The van der Waals surface area contributed by atoms with Crippen molar-refractivity contribution >= 4 is 18.9 Å². The van der Waals surface area contributed by atoms with E-state index in [9.17, 15) is 14.4 Å². The molecule has 0 saturated heterocycles. The van der Waals surface area contributed by atoms with Gasteiger partial charge in [-0.1, -0.05) is 0 Å². The van der Waals surface area contributed by atoms with E-state index in [-0.39, 0.29) is 11.8 Å². The number of aldehydes is 3. The Hall–Kier alpha value is -1.03. The second kappa shape index (κ2) is 7.61. The molecule has 74 valence electrons. The van der Waals surface area contributed by atoms with Crippen LogP contribution in [0.15, 0.2) is 0 Å². The lowest BCUT2D eigenvalue weighted by Crippen LogP contribution is -2.24. The maximum atomic E-state index is 10.3. The van der Waals surface area contributed by atoms with Crippen LogP contribution in [0.2, 0.25) is 0 Å². The number of rotatable bonds is 8. The largest absolute Gasteiger partial charge is 0.330 e. The summed E-state index contributed by atoms with van der Waals surface area (Å²) in [6, 6.07) is 0. The van der Waals surface area contributed by atoms with Crippen molar-refractivity contribution in [3.63, 3.8) is 0 Å². The van der Waals surface area contributed by atoms with Crippen molar-refractivity contribution in [3.05, 3.63) is 0 Å². The number of carbonyl (C=O) groups excluding carboxylic acids is 3. The number of nitrogens with two attached hydrogens (primary N) is 1. The highest BCUT2D eigenvalue weighted by atomic mass is 16.1. The first-order valence-corrected chi connectivity index (χ1v) is 4.31. The van der Waals surface area contributed by atoms with E-state index in [4.69, 9.17) is 5.73 Å². The summed E-state index contributed by atoms with van der Waals surface area (Å²) in [5, 5.41) is 0. The zero-order valence-electron chi connectivity index (χ0n) is 7.52. The molecule has 0 spiro atoms. The molecule has 0 aliphatic heterocycles. The third-order valence-electron chi connectivity index (χ3n) is 2.17. The highest BCUT2D eigenvalue weighted by molar-refractivity contribution is 5.55. The van der Waals surface area contributed by atoms with Crippen LogP contribution in [0.25, 0.3) is 0 Å². The van der Waals surface area contributed by atoms with Crippen molar-refractivity contribution < 1.29 is 14.4 Å². The Morgan fingerprint density at radius 2 is 1.23 bits per heavy atom. The normalized spacial score (nSPS) is 12.5. The standard InChI is InChI=1S/C9H15NO3/c10-7-9(3-6-13)8(1-4-11)2-5-12/h4-6,8-9H,1-3,7,10H2. The first kappa shape index (κ1) is 12.0. The minimum absolute atomic E-state index is 0.0482. The topological polar surface area (TPSA) is 77.2 Å². The van der Waals surface area contributed by atoms with Crippen LogP contribution in [0, 0.1) is 11.8 Å². The van der Waals surface area contributed by atoms with Crippen LogP contribution >= 0.6 is 0 Å². The van der Waals surface area contributed by atoms with Crippen molar-refractivity contribution in [2.75, 3.05) is 6.54 Å². The summed E-state index contributed by atoms with van der Waals surface area (Å²) in [6.45, 7) is 0.338. The van der Waals surface area contributed by atoms with E-state index in [1.165, 1.54) is 0 Å². The minimum atomic E-state index is -0.0785. The third kappa shape index (κ3) is 4.52. The van der Waals surface area contributed by atoms with Crippen LogP contribution in [0.5, 0.6) is 0 Å². The van der Waals surface area contributed by atoms with Gasteiger partial charge in [-0.3, -0.25) is 0 Å². The summed E-state index contributed by atoms with van der Waals surface area (Å²) in [7, 11) is 0. The van der Waals surface area contributed by atoms with E-state index >= 15 is 0 Å². The SMILES string of the molecule is NCC(CC=O)C(CC=O)CC=O. The maximum Gasteiger partial charge on any atom is 0.120 e. The summed E-state index contributed by atoms with van der Waals surface area (Å²) in [6.07, 6.45) is 3.23. The van der Waals surface area contributed by atoms with Gasteiger partial charge in [-0.25, -0.2) is 0 Å². The zero-order valence-corrected chi connectivity index (χ0v) is 7.52. The van der Waals surface area contributed by atoms with E-state index in [0.29, 0.717) is 25.8 Å². The molecule has 0 radical (unpaired) electrons. The van der Waals surface area contributed by atoms with Crippen LogP contribution in [0.4, 0.5) is 0 Å². The summed E-state index contributed by atoms with van der Waals surface area (Å²) < 4.78 is 0. The smallest absolute Gasteiger partial charge is 0.120 e. The summed E-state index contributed by atoms with van der Waals surface area (Å²) in [4.78, 5) is 30.8. The molecule has 1 unspecified atom stereocenters. The van der Waals surface area contributed by atoms with E-state index in [0.717, 1.165) is 18.9 Å². The minimum Gasteiger partial charge on any atom is -0.330 e. The highest BCUT2D eigenvalue weighted by Gasteiger charge is 2.18. The molecule has 0 heterocycles. The van der Waals surface area contributed by atoms with Crippen LogP contribution in [-0.2, 0) is 14.4 Å². The van der Waals surface area contributed by atoms with Gasteiger partial charge in [0.1, 0.15) is 18.9 Å². The molecule has 0 aliphatic rings. The van der Waals surface area contributed by atoms with Crippen molar-refractivity contribution in [2.24, 2.45) is 17.6 Å². The molecule has 0 rings (SSSR count). The average Bonchev–Trinajstić information content (AvgIpc) is 2.14. The Morgan fingerprint density at radius 3 is 1.54 bits per heavy atom. The Balaban J connectivity index is 4.17. The number of carbonyl (C=O) groups is 3. The Kier molecular flexibility index (Phi) is 7.01. The molecule has 0 amide bonds. The van der Waals surface area contributed by atoms with Crippen LogP contribution < -0.4 is 5.73 Å². The van der Waals surface area contributed by atoms with Gasteiger partial charge >= 0.3 is 0 Å². The summed E-state index contributed by atoms with van der Waals surface area (Å²) in [5.74, 6) is -0.127. The molecular formula is C9H15NO3. The molecule has 0 aromatic rings. The Bertz CT molecular complexity index is 160. The lowest BCUT2D eigenvalue weighted by molar-refractivity contribution is -0.113. The first-order valence-electron chi connectivity index (χ1n) is 4.31. The predicted octanol–water partition coefficient (Wildman–Crippen LogP) is -0.0555. The lowest BCUT2D eigenvalue weighted by Gasteiger charge is -2.20. The van der Waals surface area contributed by atoms with Gasteiger partial charge in [0.15, 0.2) is 0 Å². The molecule has 0 aromatic carbocycles. The van der Waals surface area contributed by atoms with Gasteiger partial charge in [0.25, 0.3) is 0 Å². The van der Waals surface area contributed by atoms with Gasteiger partial charge in [0.2, 0.25) is 0 Å². The molecule has 4 nitrogen and oxygen atoms in total. The van der Waals surface area contributed by atoms with Crippen LogP contribution in [-0.4, -0.2) is 25.4 Å². The Labute approximate surface area is 77.5 Å². The van der Waals surface area contributed by atoms with Crippen LogP contribution in [0.1, 0.15) is 19.3 Å². The van der Waals surface area contributed by atoms with Gasteiger partial charge in [0, 0.05) is 19.3 Å². The fourth-order valence-electron chi connectivity index (χ4n) is 1.33. The molecule has 0 aliphatic carbocycles. The van der Waals surface area contributed by atoms with Gasteiger partial charge in [0.05, 0.1) is 0 Å². The van der Waals surface area contributed by atoms with Gasteiger partial charge in [-0.2, -0.15) is 0 Å². The molecule has 0 fully saturated rings. The average molecular weight is 185 g/mol. The van der Waals surface area contributed by atoms with Crippen molar-refractivity contribution in [1.29, 1.82) is 0 Å². The number of hydrogen-bond acceptors (Lipinski definition) is 4. The molecule has 13 heavy (non-hydrogen) atoms. The first-order chi connectivity index (χ1) is 6.29. The fourth-order valence-corrected chi connectivity index (χ4v) is 1.33. The zero-order chi connectivity index (χ0) is 10.1. The quantitative estimate of drug-likeness (QED) is 0.537. The fraction of sp³-hybridized carbons (Fsp3) is 0.667. The predicted molar refractivity (Wildman–Crippen MR) is 48.1 cm³/mol. The maximum absolute atomic E-state index is 10.3. The molecule has 0 bridgehead atoms. The lowest BCUT2D eigenvalue weighted by atomic mass is 9.86. The van der Waals surface area contributed by atoms with E-state index in [1.807, 2.05) is 0 Å². The Morgan fingerprint density at radius 1 is 0.846 bits per heavy atom. The van der Waals surface area contributed by atoms with Gasteiger partial charge in [-0.05, 0) is 18.4 Å². The molecule has 2 N–H and O–H groups in total. The summed E-state index contributed by atoms with van der Waals surface area (Å²) in [5.41, 5.74) is 5.43. The second-order valence-corrected chi connectivity index (χ2v) is 2.96. The monoisotopic (exact) mass is 185 g/mol. The molecular weight excluding hydrogens is 170 g/mol. The van der Waals surface area contributed by atoms with Crippen molar-refractivity contribution in [1.82, 2.24) is 0 Å². The van der Waals surface area contributed by atoms with E-state index in [2.05, 4.69) is 0 Å². The molecule has 0 aromatic heterocycles. The van der Waals surface area contributed by atoms with Crippen molar-refractivity contribution in [2.45, 2.75) is 19.3 Å². The van der Waals surface area contributed by atoms with Gasteiger partial charge < -0.3 is 20.1 Å². The van der Waals surface area contributed by atoms with Crippen molar-refractivity contribution in [3.8, 4) is 0 Å². The summed E-state index contributed by atoms with van der Waals surface area (Å²) >= 11 is 0. The molecule has 1 atom stereocenters. The van der Waals surface area contributed by atoms with Gasteiger partial charge in [-0.15, -0.1) is 0 Å². The highest BCUT2D eigenvalue weighted by Crippen LogP contribution is 2.19. The molecule has 4 heteroatoms. The second-order valence-electron chi connectivity index (χ2n) is 2.96. The number of hydrogen-bond donors (Lipinski definition) is 1.